The minimum Gasteiger partial charge on any atom is -0.485 e. The van der Waals surface area contributed by atoms with Crippen molar-refractivity contribution in [3.63, 3.8) is 0 Å². The van der Waals surface area contributed by atoms with Crippen LogP contribution in [0.15, 0.2) is 42.5 Å². The highest BCUT2D eigenvalue weighted by Gasteiger charge is 2.19. The number of carboxylic acid groups (broad SMARTS) is 2. The molecule has 0 aliphatic carbocycles. The van der Waals surface area contributed by atoms with E-state index in [4.69, 9.17) is 14.9 Å². The summed E-state index contributed by atoms with van der Waals surface area (Å²) >= 11 is 0. The summed E-state index contributed by atoms with van der Waals surface area (Å²) in [6.07, 6.45) is 0. The van der Waals surface area contributed by atoms with Crippen molar-refractivity contribution in [3.8, 4) is 5.75 Å². The summed E-state index contributed by atoms with van der Waals surface area (Å²) in [6.45, 7) is 1.69. The van der Waals surface area contributed by atoms with E-state index >= 15 is 0 Å². The van der Waals surface area contributed by atoms with E-state index in [2.05, 4.69) is 0 Å². The zero-order chi connectivity index (χ0) is 17.0. The molecule has 0 saturated heterocycles. The topological polar surface area (TPSA) is 101 Å². The first-order valence-corrected chi connectivity index (χ1v) is 6.73. The van der Waals surface area contributed by atoms with Crippen molar-refractivity contribution >= 4 is 17.7 Å². The summed E-state index contributed by atoms with van der Waals surface area (Å²) in [4.78, 5) is 32.1. The number of para-hydroxylation sites is 1. The van der Waals surface area contributed by atoms with Crippen molar-refractivity contribution in [2.75, 3.05) is 6.61 Å². The third-order valence-corrected chi connectivity index (χ3v) is 3.34. The van der Waals surface area contributed by atoms with Gasteiger partial charge in [0.2, 0.25) is 5.78 Å². The number of benzene rings is 2. The standard InChI is InChI=1S/C9H8O4.C8H6O2/c1-5-6(8(10)11)3-2-4-7(5)9(12)13;9-7-5-10-8-4-2-1-3-6(7)8/h2-4H,1H3,(H,10,11)(H,12,13);1-4H,5H2. The molecule has 2 N–H and O–H groups in total. The predicted octanol–water partition coefficient (Wildman–Crippen LogP) is 2.65. The molecule has 2 aromatic rings. The summed E-state index contributed by atoms with van der Waals surface area (Å²) in [6, 6.07) is 11.5. The molecule has 1 heterocycles. The first-order valence-electron chi connectivity index (χ1n) is 6.73. The van der Waals surface area contributed by atoms with Gasteiger partial charge in [-0.3, -0.25) is 4.79 Å². The molecule has 3 rings (SSSR count). The normalized spacial score (nSPS) is 11.8. The molecule has 0 aromatic heterocycles. The second-order valence-corrected chi connectivity index (χ2v) is 4.80. The van der Waals surface area contributed by atoms with Crippen LogP contribution in [0, 0.1) is 6.92 Å². The summed E-state index contributed by atoms with van der Waals surface area (Å²) < 4.78 is 5.06. The van der Waals surface area contributed by atoms with Crippen LogP contribution in [-0.4, -0.2) is 34.5 Å². The Kier molecular flexibility index (Phi) is 4.75. The van der Waals surface area contributed by atoms with Crippen molar-refractivity contribution in [2.45, 2.75) is 6.92 Å². The fourth-order valence-electron chi connectivity index (χ4n) is 2.14. The molecular weight excluding hydrogens is 300 g/mol. The van der Waals surface area contributed by atoms with E-state index in [0.717, 1.165) is 0 Å². The Hall–Kier alpha value is -3.15. The van der Waals surface area contributed by atoms with Crippen LogP contribution in [0.25, 0.3) is 0 Å². The Morgan fingerprint density at radius 3 is 2.04 bits per heavy atom. The molecule has 1 aliphatic heterocycles. The van der Waals surface area contributed by atoms with Crippen molar-refractivity contribution in [3.05, 3.63) is 64.7 Å². The van der Waals surface area contributed by atoms with Gasteiger partial charge in [0.05, 0.1) is 16.7 Å². The Labute approximate surface area is 131 Å². The maximum Gasteiger partial charge on any atom is 0.335 e. The Bertz CT molecular complexity index is 746. The van der Waals surface area contributed by atoms with Crippen molar-refractivity contribution in [1.29, 1.82) is 0 Å². The molecule has 0 spiro atoms. The highest BCUT2D eigenvalue weighted by molar-refractivity contribution is 6.02. The second-order valence-electron chi connectivity index (χ2n) is 4.80. The van der Waals surface area contributed by atoms with Crippen LogP contribution in [0.4, 0.5) is 0 Å². The molecule has 6 heteroatoms. The van der Waals surface area contributed by atoms with Crippen LogP contribution in [0.5, 0.6) is 5.75 Å². The lowest BCUT2D eigenvalue weighted by Gasteiger charge is -2.03. The van der Waals surface area contributed by atoms with E-state index in [1.54, 1.807) is 12.1 Å². The van der Waals surface area contributed by atoms with Crippen molar-refractivity contribution in [2.24, 2.45) is 0 Å². The van der Waals surface area contributed by atoms with Crippen molar-refractivity contribution < 1.29 is 29.3 Å². The summed E-state index contributed by atoms with van der Waals surface area (Å²) in [5.41, 5.74) is 1.05. The van der Waals surface area contributed by atoms with E-state index in [1.165, 1.54) is 25.1 Å². The number of hydrogen-bond donors (Lipinski definition) is 2. The number of fused-ring (bicyclic) bond motifs is 1. The van der Waals surface area contributed by atoms with Crippen LogP contribution in [-0.2, 0) is 0 Å². The third-order valence-electron chi connectivity index (χ3n) is 3.34. The average molecular weight is 314 g/mol. The van der Waals surface area contributed by atoms with E-state index in [-0.39, 0.29) is 29.1 Å². The summed E-state index contributed by atoms with van der Waals surface area (Å²) in [7, 11) is 0. The van der Waals surface area contributed by atoms with Gasteiger partial charge in [-0.2, -0.15) is 0 Å². The molecule has 23 heavy (non-hydrogen) atoms. The lowest BCUT2D eigenvalue weighted by Crippen LogP contribution is -2.06. The minimum atomic E-state index is -1.11. The number of aromatic carboxylic acids is 2. The summed E-state index contributed by atoms with van der Waals surface area (Å²) in [5, 5.41) is 17.4. The van der Waals surface area contributed by atoms with Gasteiger partial charge in [-0.15, -0.1) is 0 Å². The van der Waals surface area contributed by atoms with Gasteiger partial charge in [-0.25, -0.2) is 9.59 Å². The molecule has 6 nitrogen and oxygen atoms in total. The zero-order valence-corrected chi connectivity index (χ0v) is 12.3. The van der Waals surface area contributed by atoms with E-state index in [9.17, 15) is 14.4 Å². The van der Waals surface area contributed by atoms with Crippen LogP contribution in [0.1, 0.15) is 36.6 Å². The zero-order valence-electron chi connectivity index (χ0n) is 12.3. The maximum atomic E-state index is 10.9. The Morgan fingerprint density at radius 2 is 1.52 bits per heavy atom. The smallest absolute Gasteiger partial charge is 0.335 e. The molecule has 0 radical (unpaired) electrons. The molecule has 0 amide bonds. The minimum absolute atomic E-state index is 0.0277. The number of ether oxygens (including phenoxy) is 1. The lowest BCUT2D eigenvalue weighted by atomic mass is 10.0. The first kappa shape index (κ1) is 16.2. The highest BCUT2D eigenvalue weighted by Crippen LogP contribution is 2.23. The average Bonchev–Trinajstić information content (AvgIpc) is 2.89. The molecule has 118 valence electrons. The van der Waals surface area contributed by atoms with E-state index < -0.39 is 11.9 Å². The van der Waals surface area contributed by atoms with Crippen LogP contribution >= 0.6 is 0 Å². The van der Waals surface area contributed by atoms with Crippen molar-refractivity contribution in [1.82, 2.24) is 0 Å². The molecular formula is C17H14O6. The van der Waals surface area contributed by atoms with Gasteiger partial charge >= 0.3 is 11.9 Å². The fourth-order valence-corrected chi connectivity index (χ4v) is 2.14. The number of rotatable bonds is 2. The third kappa shape index (κ3) is 3.55. The molecule has 0 unspecified atom stereocenters. The van der Waals surface area contributed by atoms with Crippen LogP contribution < -0.4 is 4.74 Å². The van der Waals surface area contributed by atoms with Gasteiger partial charge in [0.25, 0.3) is 0 Å². The van der Waals surface area contributed by atoms with Gasteiger partial charge in [0.15, 0.2) is 6.61 Å². The van der Waals surface area contributed by atoms with E-state index in [0.29, 0.717) is 11.3 Å². The van der Waals surface area contributed by atoms with Crippen LogP contribution in [0.2, 0.25) is 0 Å². The van der Waals surface area contributed by atoms with Gasteiger partial charge in [0, 0.05) is 0 Å². The highest BCUT2D eigenvalue weighted by atomic mass is 16.5. The first-order chi connectivity index (χ1) is 10.9. The number of carbonyl (C=O) groups is 3. The molecule has 0 bridgehead atoms. The SMILES string of the molecule is Cc1c(C(=O)O)cccc1C(=O)O.O=C1COc2ccccc21. The van der Waals surface area contributed by atoms with Gasteiger partial charge in [0.1, 0.15) is 5.75 Å². The number of ketones is 1. The Morgan fingerprint density at radius 1 is 0.957 bits per heavy atom. The fraction of sp³-hybridized carbons (Fsp3) is 0.118. The van der Waals surface area contributed by atoms with Crippen LogP contribution in [0.3, 0.4) is 0 Å². The van der Waals surface area contributed by atoms with Gasteiger partial charge < -0.3 is 14.9 Å². The van der Waals surface area contributed by atoms with Gasteiger partial charge in [-0.1, -0.05) is 18.2 Å². The Balaban J connectivity index is 0.000000172. The largest absolute Gasteiger partial charge is 0.485 e. The lowest BCUT2D eigenvalue weighted by molar-refractivity contribution is 0.0696. The molecule has 0 atom stereocenters. The number of carboxylic acids is 2. The molecule has 0 saturated carbocycles. The van der Waals surface area contributed by atoms with Gasteiger partial charge in [-0.05, 0) is 36.8 Å². The monoisotopic (exact) mass is 314 g/mol. The number of Topliss-reactive ketones (excluding diaryl/α,β-unsaturated/α-hetero) is 1. The second kappa shape index (κ2) is 6.74. The number of carbonyl (C=O) groups excluding carboxylic acids is 1. The van der Waals surface area contributed by atoms with E-state index in [1.807, 2.05) is 12.1 Å². The molecule has 2 aromatic carbocycles. The maximum absolute atomic E-state index is 10.9. The predicted molar refractivity (Wildman–Crippen MR) is 81.4 cm³/mol. The summed E-state index contributed by atoms with van der Waals surface area (Å²) in [5.74, 6) is -1.43. The number of hydrogen-bond acceptors (Lipinski definition) is 4. The quantitative estimate of drug-likeness (QED) is 0.883. The molecule has 1 aliphatic rings. The molecule has 0 fully saturated rings.